The highest BCUT2D eigenvalue weighted by atomic mass is 16.5. The first kappa shape index (κ1) is 29.3. The molecule has 6 heterocycles. The minimum atomic E-state index is 0.00641. The molecule has 0 bridgehead atoms. The summed E-state index contributed by atoms with van der Waals surface area (Å²) >= 11 is 0. The van der Waals surface area contributed by atoms with Crippen LogP contribution in [0.15, 0.2) is 0 Å². The molecule has 1 amide bonds. The van der Waals surface area contributed by atoms with Gasteiger partial charge in [0.2, 0.25) is 5.91 Å². The molecule has 6 rings (SSSR count). The minimum absolute atomic E-state index is 0.00641. The van der Waals surface area contributed by atoms with Crippen molar-refractivity contribution in [3.8, 4) is 0 Å². The minimum Gasteiger partial charge on any atom is -0.378 e. The fourth-order valence-corrected chi connectivity index (χ4v) is 9.36. The van der Waals surface area contributed by atoms with E-state index < -0.39 is 0 Å². The van der Waals surface area contributed by atoms with Crippen molar-refractivity contribution in [3.63, 3.8) is 0 Å². The van der Waals surface area contributed by atoms with Gasteiger partial charge in [0.1, 0.15) is 0 Å². The van der Waals surface area contributed by atoms with Crippen molar-refractivity contribution in [2.45, 2.75) is 129 Å². The third-order valence-electron chi connectivity index (χ3n) is 12.1. The zero-order valence-corrected chi connectivity index (χ0v) is 27.0. The molecule has 6 fully saturated rings. The lowest BCUT2D eigenvalue weighted by Crippen LogP contribution is -2.64. The van der Waals surface area contributed by atoms with E-state index in [-0.39, 0.29) is 11.1 Å². The van der Waals surface area contributed by atoms with Crippen LogP contribution in [0.2, 0.25) is 0 Å². The number of fused-ring (bicyclic) bond motifs is 3. The van der Waals surface area contributed by atoms with E-state index in [4.69, 9.17) is 4.74 Å². The number of piperazine rings is 2. The number of ether oxygens (including phenoxy) is 1. The Kier molecular flexibility index (Phi) is 7.68. The molecule has 228 valence electrons. The largest absolute Gasteiger partial charge is 0.378 e. The van der Waals surface area contributed by atoms with Gasteiger partial charge in [0.25, 0.3) is 0 Å². The van der Waals surface area contributed by atoms with Gasteiger partial charge >= 0.3 is 0 Å². The van der Waals surface area contributed by atoms with Crippen LogP contribution in [0, 0.1) is 17.3 Å². The third kappa shape index (κ3) is 5.52. The van der Waals surface area contributed by atoms with Crippen LogP contribution in [0.4, 0.5) is 0 Å². The Bertz CT molecular complexity index is 940. The van der Waals surface area contributed by atoms with Gasteiger partial charge in [0, 0.05) is 80.6 Å². The first-order valence-electron chi connectivity index (χ1n) is 16.6. The van der Waals surface area contributed by atoms with E-state index in [0.29, 0.717) is 54.0 Å². The summed E-state index contributed by atoms with van der Waals surface area (Å²) in [5.74, 6) is 1.80. The highest BCUT2D eigenvalue weighted by Crippen LogP contribution is 2.44. The lowest BCUT2D eigenvalue weighted by atomic mass is 9.79. The van der Waals surface area contributed by atoms with Crippen LogP contribution >= 0.6 is 0 Å². The molecule has 7 unspecified atom stereocenters. The van der Waals surface area contributed by atoms with E-state index in [1.165, 1.54) is 45.3 Å². The Morgan fingerprint density at radius 2 is 1.55 bits per heavy atom. The van der Waals surface area contributed by atoms with E-state index in [1.807, 2.05) is 0 Å². The number of hydrogen-bond acceptors (Lipinski definition) is 6. The predicted octanol–water partition coefficient (Wildman–Crippen LogP) is 3.77. The van der Waals surface area contributed by atoms with Gasteiger partial charge in [-0.2, -0.15) is 0 Å². The van der Waals surface area contributed by atoms with Crippen LogP contribution in [0.25, 0.3) is 0 Å². The van der Waals surface area contributed by atoms with Gasteiger partial charge in [0.15, 0.2) is 0 Å². The third-order valence-corrected chi connectivity index (χ3v) is 12.1. The molecule has 6 saturated heterocycles. The van der Waals surface area contributed by atoms with E-state index in [0.717, 1.165) is 45.2 Å². The van der Waals surface area contributed by atoms with Crippen LogP contribution in [0.1, 0.15) is 87.5 Å². The van der Waals surface area contributed by atoms with Crippen molar-refractivity contribution in [2.75, 3.05) is 59.0 Å². The number of carbonyl (C=O) groups is 1. The molecule has 7 heteroatoms. The molecule has 40 heavy (non-hydrogen) atoms. The molecule has 6 aliphatic rings. The molecule has 7 nitrogen and oxygen atoms in total. The summed E-state index contributed by atoms with van der Waals surface area (Å²) in [4.78, 5) is 26.3. The molecule has 6 aliphatic heterocycles. The van der Waals surface area contributed by atoms with E-state index in [1.54, 1.807) is 0 Å². The smallest absolute Gasteiger partial charge is 0.237 e. The highest BCUT2D eigenvalue weighted by molar-refractivity contribution is 5.79. The number of amides is 1. The molecule has 0 aliphatic carbocycles. The summed E-state index contributed by atoms with van der Waals surface area (Å²) < 4.78 is 6.32. The Hall–Kier alpha value is -0.730. The van der Waals surface area contributed by atoms with Crippen LogP contribution < -0.4 is 0 Å². The average Bonchev–Trinajstić information content (AvgIpc) is 3.60. The van der Waals surface area contributed by atoms with Crippen LogP contribution in [0.5, 0.6) is 0 Å². The quantitative estimate of drug-likeness (QED) is 0.524. The van der Waals surface area contributed by atoms with Gasteiger partial charge in [-0.1, -0.05) is 20.8 Å². The van der Waals surface area contributed by atoms with Crippen LogP contribution in [-0.2, 0) is 9.53 Å². The summed E-state index contributed by atoms with van der Waals surface area (Å²) in [5.41, 5.74) is 0.544. The lowest BCUT2D eigenvalue weighted by Gasteiger charge is -2.52. The number of nitrogens with zero attached hydrogens (tertiary/aromatic N) is 5. The summed E-state index contributed by atoms with van der Waals surface area (Å²) in [6.45, 7) is 28.5. The van der Waals surface area contributed by atoms with Gasteiger partial charge < -0.3 is 9.64 Å². The molecular formula is C33H59N5O2. The summed E-state index contributed by atoms with van der Waals surface area (Å²) in [6.07, 6.45) is 6.06. The SMILES string of the molecule is CC(C)(C)C1CC2COCC(C3CC4CN(C(C)(C)C)CC(CC(C)(C)N5CC(=O)N6CCCC6C5)N4C3)N2C1. The van der Waals surface area contributed by atoms with E-state index in [2.05, 4.69) is 79.9 Å². The second-order valence-corrected chi connectivity index (χ2v) is 17.1. The van der Waals surface area contributed by atoms with Gasteiger partial charge in [-0.15, -0.1) is 0 Å². The molecule has 0 N–H and O–H groups in total. The Morgan fingerprint density at radius 3 is 2.27 bits per heavy atom. The standard InChI is InChI=1S/C33H59N5O2/c1-31(2,3)24-13-27-21-40-22-29(38(27)16-24)23-12-26-18-34(32(4,5)6)19-28(37(26)15-23)14-33(7,8)35-17-25-10-9-11-36(25)30(39)20-35/h23-29H,9-22H2,1-8H3. The Morgan fingerprint density at radius 1 is 0.800 bits per heavy atom. The van der Waals surface area contributed by atoms with Crippen LogP contribution in [-0.4, -0.2) is 131 Å². The van der Waals surface area contributed by atoms with Crippen molar-refractivity contribution in [1.29, 1.82) is 0 Å². The van der Waals surface area contributed by atoms with Gasteiger partial charge in [-0.05, 0) is 84.0 Å². The molecule has 0 aromatic rings. The molecule has 0 radical (unpaired) electrons. The van der Waals surface area contributed by atoms with Gasteiger partial charge in [-0.3, -0.25) is 24.4 Å². The maximum absolute atomic E-state index is 13.0. The van der Waals surface area contributed by atoms with E-state index in [9.17, 15) is 4.79 Å². The first-order chi connectivity index (χ1) is 18.7. The fourth-order valence-electron chi connectivity index (χ4n) is 9.36. The topological polar surface area (TPSA) is 42.5 Å². The summed E-state index contributed by atoms with van der Waals surface area (Å²) in [5, 5.41) is 0. The van der Waals surface area contributed by atoms with Gasteiger partial charge in [0.05, 0.1) is 19.8 Å². The van der Waals surface area contributed by atoms with E-state index >= 15 is 0 Å². The second-order valence-electron chi connectivity index (χ2n) is 17.1. The molecule has 0 spiro atoms. The average molecular weight is 558 g/mol. The number of rotatable bonds is 4. The Labute approximate surface area is 244 Å². The Balaban J connectivity index is 1.19. The number of morpholine rings is 1. The maximum atomic E-state index is 13.0. The van der Waals surface area contributed by atoms with Crippen molar-refractivity contribution >= 4 is 5.91 Å². The number of carbonyl (C=O) groups excluding carboxylic acids is 1. The summed E-state index contributed by atoms with van der Waals surface area (Å²) in [7, 11) is 0. The van der Waals surface area contributed by atoms with Crippen molar-refractivity contribution < 1.29 is 9.53 Å². The fraction of sp³-hybridized carbons (Fsp3) is 0.970. The number of hydrogen-bond donors (Lipinski definition) is 0. The van der Waals surface area contributed by atoms with Crippen molar-refractivity contribution in [1.82, 2.24) is 24.5 Å². The lowest BCUT2D eigenvalue weighted by molar-refractivity contribution is -0.141. The molecule has 0 saturated carbocycles. The molecule has 7 atom stereocenters. The van der Waals surface area contributed by atoms with Gasteiger partial charge in [-0.25, -0.2) is 0 Å². The zero-order chi connectivity index (χ0) is 28.6. The van der Waals surface area contributed by atoms with Crippen molar-refractivity contribution in [2.24, 2.45) is 17.3 Å². The monoisotopic (exact) mass is 557 g/mol. The maximum Gasteiger partial charge on any atom is 0.237 e. The first-order valence-corrected chi connectivity index (χ1v) is 16.6. The molecular weight excluding hydrogens is 498 g/mol. The van der Waals surface area contributed by atoms with Crippen LogP contribution in [0.3, 0.4) is 0 Å². The summed E-state index contributed by atoms with van der Waals surface area (Å²) in [6, 6.07) is 2.73. The second kappa shape index (κ2) is 10.5. The highest BCUT2D eigenvalue weighted by Gasteiger charge is 2.52. The van der Waals surface area contributed by atoms with Crippen molar-refractivity contribution in [3.05, 3.63) is 0 Å². The predicted molar refractivity (Wildman–Crippen MR) is 161 cm³/mol. The molecule has 0 aromatic heterocycles. The normalized spacial score (nSPS) is 39.0. The molecule has 0 aromatic carbocycles. The zero-order valence-electron chi connectivity index (χ0n) is 27.0.